The van der Waals surface area contributed by atoms with Crippen molar-refractivity contribution < 1.29 is 4.79 Å². The second kappa shape index (κ2) is 7.98. The van der Waals surface area contributed by atoms with Gasteiger partial charge in [0.2, 0.25) is 5.91 Å². The molecule has 1 heterocycles. The molecule has 0 spiro atoms. The molecule has 1 amide bonds. The van der Waals surface area contributed by atoms with Gasteiger partial charge in [0, 0.05) is 11.7 Å². The van der Waals surface area contributed by atoms with E-state index in [0.29, 0.717) is 5.75 Å². The Morgan fingerprint density at radius 3 is 2.44 bits per heavy atom. The van der Waals surface area contributed by atoms with E-state index in [2.05, 4.69) is 41.5 Å². The second-order valence-corrected chi connectivity index (χ2v) is 6.84. The van der Waals surface area contributed by atoms with Crippen LogP contribution in [-0.4, -0.2) is 26.4 Å². The predicted molar refractivity (Wildman–Crippen MR) is 102 cm³/mol. The highest BCUT2D eigenvalue weighted by atomic mass is 32.2. The van der Waals surface area contributed by atoms with Crippen molar-refractivity contribution in [2.24, 2.45) is 0 Å². The van der Waals surface area contributed by atoms with E-state index in [1.54, 1.807) is 6.33 Å². The van der Waals surface area contributed by atoms with E-state index in [1.807, 2.05) is 47.0 Å². The summed E-state index contributed by atoms with van der Waals surface area (Å²) in [6, 6.07) is 18.3. The van der Waals surface area contributed by atoms with Crippen LogP contribution < -0.4 is 5.32 Å². The molecule has 3 rings (SSSR count). The zero-order valence-corrected chi connectivity index (χ0v) is 15.0. The molecule has 0 unspecified atom stereocenters. The largest absolute Gasteiger partial charge is 0.325 e. The minimum absolute atomic E-state index is 0.0595. The molecule has 0 atom stereocenters. The average Bonchev–Trinajstić information content (AvgIpc) is 3.10. The van der Waals surface area contributed by atoms with E-state index in [-0.39, 0.29) is 11.9 Å². The Hall–Kier alpha value is -2.60. The van der Waals surface area contributed by atoms with Crippen LogP contribution in [0.2, 0.25) is 0 Å². The quantitative estimate of drug-likeness (QED) is 0.674. The highest BCUT2D eigenvalue weighted by molar-refractivity contribution is 7.99. The number of carbonyl (C=O) groups excluding carboxylic acids is 1. The first-order chi connectivity index (χ1) is 12.1. The van der Waals surface area contributed by atoms with Gasteiger partial charge in [-0.05, 0) is 37.1 Å². The number of carbonyl (C=O) groups is 1. The molecule has 2 aromatic carbocycles. The fourth-order valence-corrected chi connectivity index (χ4v) is 3.24. The molecular formula is C19H20N4OS. The molecule has 6 heteroatoms. The molecule has 0 aliphatic rings. The SMILES string of the molecule is CC(C)n1cnnc1SCC(=O)Nc1ccc(-c2ccccc2)cc1. The molecule has 3 aromatic rings. The summed E-state index contributed by atoms with van der Waals surface area (Å²) < 4.78 is 1.95. The minimum atomic E-state index is -0.0595. The lowest BCUT2D eigenvalue weighted by Gasteiger charge is -2.09. The van der Waals surface area contributed by atoms with Crippen molar-refractivity contribution in [3.8, 4) is 11.1 Å². The number of thioether (sulfide) groups is 1. The van der Waals surface area contributed by atoms with Crippen molar-refractivity contribution in [3.63, 3.8) is 0 Å². The Balaban J connectivity index is 1.57. The second-order valence-electron chi connectivity index (χ2n) is 5.89. The van der Waals surface area contributed by atoms with Crippen LogP contribution in [0.1, 0.15) is 19.9 Å². The topological polar surface area (TPSA) is 59.8 Å². The third kappa shape index (κ3) is 4.48. The van der Waals surface area contributed by atoms with E-state index in [4.69, 9.17) is 0 Å². The molecule has 25 heavy (non-hydrogen) atoms. The van der Waals surface area contributed by atoms with Gasteiger partial charge in [-0.2, -0.15) is 0 Å². The third-order valence-electron chi connectivity index (χ3n) is 3.70. The molecular weight excluding hydrogens is 332 g/mol. The summed E-state index contributed by atoms with van der Waals surface area (Å²) in [5, 5.41) is 11.6. The first kappa shape index (κ1) is 17.2. The van der Waals surface area contributed by atoms with Gasteiger partial charge in [-0.25, -0.2) is 0 Å². The van der Waals surface area contributed by atoms with Gasteiger partial charge in [0.05, 0.1) is 5.75 Å². The molecule has 1 N–H and O–H groups in total. The number of benzene rings is 2. The van der Waals surface area contributed by atoms with Crippen LogP contribution in [0.4, 0.5) is 5.69 Å². The summed E-state index contributed by atoms with van der Waals surface area (Å²) in [5.74, 6) is 0.238. The zero-order chi connectivity index (χ0) is 17.6. The fourth-order valence-electron chi connectivity index (χ4n) is 2.39. The molecule has 5 nitrogen and oxygen atoms in total. The number of nitrogens with one attached hydrogen (secondary N) is 1. The number of rotatable bonds is 6. The monoisotopic (exact) mass is 352 g/mol. The fraction of sp³-hybridized carbons (Fsp3) is 0.211. The smallest absolute Gasteiger partial charge is 0.234 e. The summed E-state index contributed by atoms with van der Waals surface area (Å²) in [7, 11) is 0. The minimum Gasteiger partial charge on any atom is -0.325 e. The van der Waals surface area contributed by atoms with Crippen LogP contribution >= 0.6 is 11.8 Å². The van der Waals surface area contributed by atoms with Gasteiger partial charge in [-0.3, -0.25) is 4.79 Å². The Labute approximate surface area is 151 Å². The van der Waals surface area contributed by atoms with Crippen LogP contribution in [0.3, 0.4) is 0 Å². The van der Waals surface area contributed by atoms with Crippen molar-refractivity contribution in [1.82, 2.24) is 14.8 Å². The van der Waals surface area contributed by atoms with Gasteiger partial charge in [0.15, 0.2) is 5.16 Å². The van der Waals surface area contributed by atoms with Gasteiger partial charge in [0.25, 0.3) is 0 Å². The first-order valence-electron chi connectivity index (χ1n) is 8.11. The lowest BCUT2D eigenvalue weighted by atomic mass is 10.1. The van der Waals surface area contributed by atoms with Crippen molar-refractivity contribution in [2.45, 2.75) is 25.0 Å². The molecule has 1 aromatic heterocycles. The Kier molecular flexibility index (Phi) is 5.50. The van der Waals surface area contributed by atoms with Crippen molar-refractivity contribution in [3.05, 3.63) is 60.9 Å². The maximum Gasteiger partial charge on any atom is 0.234 e. The number of hydrogen-bond acceptors (Lipinski definition) is 4. The van der Waals surface area contributed by atoms with Crippen molar-refractivity contribution in [1.29, 1.82) is 0 Å². The third-order valence-corrected chi connectivity index (χ3v) is 4.66. The van der Waals surface area contributed by atoms with Crippen molar-refractivity contribution >= 4 is 23.4 Å². The summed E-state index contributed by atoms with van der Waals surface area (Å²) in [6.07, 6.45) is 1.69. The molecule has 0 bridgehead atoms. The Morgan fingerprint density at radius 2 is 1.76 bits per heavy atom. The van der Waals surface area contributed by atoms with Gasteiger partial charge < -0.3 is 9.88 Å². The molecule has 0 radical (unpaired) electrons. The van der Waals surface area contributed by atoms with E-state index < -0.39 is 0 Å². The predicted octanol–water partition coefficient (Wildman–Crippen LogP) is 4.26. The average molecular weight is 352 g/mol. The van der Waals surface area contributed by atoms with Crippen LogP contribution in [0.15, 0.2) is 66.1 Å². The van der Waals surface area contributed by atoms with Crippen LogP contribution in [-0.2, 0) is 4.79 Å². The van der Waals surface area contributed by atoms with Gasteiger partial charge in [-0.1, -0.05) is 54.2 Å². The summed E-state index contributed by atoms with van der Waals surface area (Å²) in [6.45, 7) is 4.11. The maximum atomic E-state index is 12.2. The lowest BCUT2D eigenvalue weighted by Crippen LogP contribution is -2.14. The number of aromatic nitrogens is 3. The Morgan fingerprint density at radius 1 is 1.08 bits per heavy atom. The van der Waals surface area contributed by atoms with E-state index in [1.165, 1.54) is 11.8 Å². The molecule has 128 valence electrons. The molecule has 0 aliphatic carbocycles. The van der Waals surface area contributed by atoms with Gasteiger partial charge in [-0.15, -0.1) is 10.2 Å². The number of nitrogens with zero attached hydrogens (tertiary/aromatic N) is 3. The van der Waals surface area contributed by atoms with Crippen LogP contribution in [0.25, 0.3) is 11.1 Å². The van der Waals surface area contributed by atoms with Gasteiger partial charge >= 0.3 is 0 Å². The van der Waals surface area contributed by atoms with E-state index >= 15 is 0 Å². The zero-order valence-electron chi connectivity index (χ0n) is 14.2. The molecule has 0 saturated carbocycles. The van der Waals surface area contributed by atoms with E-state index in [9.17, 15) is 4.79 Å². The maximum absolute atomic E-state index is 12.2. The molecule has 0 aliphatic heterocycles. The standard InChI is InChI=1S/C19H20N4OS/c1-14(2)23-13-20-22-19(23)25-12-18(24)21-17-10-8-16(9-11-17)15-6-4-3-5-7-15/h3-11,13-14H,12H2,1-2H3,(H,21,24). The number of anilines is 1. The molecule has 0 saturated heterocycles. The number of amides is 1. The highest BCUT2D eigenvalue weighted by Crippen LogP contribution is 2.22. The van der Waals surface area contributed by atoms with E-state index in [0.717, 1.165) is 22.0 Å². The summed E-state index contributed by atoms with van der Waals surface area (Å²) in [4.78, 5) is 12.2. The van der Waals surface area contributed by atoms with Gasteiger partial charge in [0.1, 0.15) is 6.33 Å². The van der Waals surface area contributed by atoms with Crippen LogP contribution in [0.5, 0.6) is 0 Å². The summed E-state index contributed by atoms with van der Waals surface area (Å²) in [5.41, 5.74) is 3.07. The van der Waals surface area contributed by atoms with Crippen LogP contribution in [0, 0.1) is 0 Å². The highest BCUT2D eigenvalue weighted by Gasteiger charge is 2.11. The van der Waals surface area contributed by atoms with Crippen molar-refractivity contribution in [2.75, 3.05) is 11.1 Å². The summed E-state index contributed by atoms with van der Waals surface area (Å²) >= 11 is 1.39. The normalized spacial score (nSPS) is 10.8. The first-order valence-corrected chi connectivity index (χ1v) is 9.09. The Bertz CT molecular complexity index is 828. The number of hydrogen-bond donors (Lipinski definition) is 1. The molecule has 0 fully saturated rings. The lowest BCUT2D eigenvalue weighted by molar-refractivity contribution is -0.113.